The smallest absolute Gasteiger partial charge is 0.234 e. The number of aromatic nitrogens is 3. The van der Waals surface area contributed by atoms with E-state index in [9.17, 15) is 4.79 Å². The largest absolute Gasteiger partial charge is 0.348 e. The van der Waals surface area contributed by atoms with E-state index in [0.29, 0.717) is 6.04 Å². The number of nitrogens with one attached hydrogen (secondary N) is 2. The molecule has 0 saturated carbocycles. The van der Waals surface area contributed by atoms with Crippen molar-refractivity contribution in [3.05, 3.63) is 60.2 Å². The molecule has 4 heterocycles. The van der Waals surface area contributed by atoms with Crippen molar-refractivity contribution in [2.75, 3.05) is 20.6 Å². The Labute approximate surface area is 187 Å². The van der Waals surface area contributed by atoms with Crippen LogP contribution >= 0.6 is 0 Å². The number of rotatable bonds is 3. The predicted molar refractivity (Wildman–Crippen MR) is 127 cm³/mol. The Bertz CT molecular complexity index is 1370. The molecule has 1 saturated heterocycles. The number of H-pyrrole nitrogens is 1. The number of benzene rings is 1. The lowest BCUT2D eigenvalue weighted by atomic mass is 9.94. The van der Waals surface area contributed by atoms with Crippen molar-refractivity contribution < 1.29 is 4.79 Å². The molecule has 1 aliphatic heterocycles. The molecule has 4 aromatic rings. The number of hydrogen-bond acceptors (Lipinski definition) is 4. The lowest BCUT2D eigenvalue weighted by molar-refractivity contribution is -0.127. The van der Waals surface area contributed by atoms with Crippen LogP contribution in [0.1, 0.15) is 36.4 Å². The van der Waals surface area contributed by atoms with Crippen molar-refractivity contribution in [3.63, 3.8) is 0 Å². The van der Waals surface area contributed by atoms with Gasteiger partial charge in [-0.25, -0.2) is 4.98 Å². The van der Waals surface area contributed by atoms with Crippen molar-refractivity contribution in [3.8, 4) is 23.0 Å². The van der Waals surface area contributed by atoms with Gasteiger partial charge in [-0.2, -0.15) is 0 Å². The number of fused-ring (bicyclic) bond motifs is 2. The second-order valence-electron chi connectivity index (χ2n) is 8.40. The lowest BCUT2D eigenvalue weighted by Crippen LogP contribution is -2.20. The van der Waals surface area contributed by atoms with Gasteiger partial charge in [0.25, 0.3) is 0 Å². The van der Waals surface area contributed by atoms with E-state index >= 15 is 0 Å². The van der Waals surface area contributed by atoms with Gasteiger partial charge in [0.2, 0.25) is 5.91 Å². The van der Waals surface area contributed by atoms with Gasteiger partial charge in [0.15, 0.2) is 0 Å². The zero-order chi connectivity index (χ0) is 22.1. The molecule has 2 N–H and O–H groups in total. The summed E-state index contributed by atoms with van der Waals surface area (Å²) in [5, 5.41) is 6.96. The monoisotopic (exact) mass is 423 g/mol. The molecular weight excluding hydrogens is 398 g/mol. The highest BCUT2D eigenvalue weighted by Crippen LogP contribution is 2.34. The number of aromatic amines is 1. The molecule has 6 heteroatoms. The minimum atomic E-state index is -0.00476. The van der Waals surface area contributed by atoms with Crippen LogP contribution in [0.3, 0.4) is 0 Å². The summed E-state index contributed by atoms with van der Waals surface area (Å²) < 4.78 is 0. The van der Waals surface area contributed by atoms with Gasteiger partial charge in [-0.15, -0.1) is 0 Å². The Balaban J connectivity index is 1.56. The van der Waals surface area contributed by atoms with Crippen LogP contribution in [0.2, 0.25) is 0 Å². The fourth-order valence-electron chi connectivity index (χ4n) is 4.27. The van der Waals surface area contributed by atoms with E-state index in [0.717, 1.165) is 40.7 Å². The van der Waals surface area contributed by atoms with E-state index in [4.69, 9.17) is 0 Å². The van der Waals surface area contributed by atoms with Crippen LogP contribution in [0.25, 0.3) is 32.9 Å². The van der Waals surface area contributed by atoms with E-state index in [2.05, 4.69) is 56.4 Å². The summed E-state index contributed by atoms with van der Waals surface area (Å²) in [6.07, 6.45) is 10.1. The average molecular weight is 424 g/mol. The Kier molecular flexibility index (Phi) is 5.34. The van der Waals surface area contributed by atoms with E-state index in [-0.39, 0.29) is 12.3 Å². The third-order valence-corrected chi connectivity index (χ3v) is 6.05. The third kappa shape index (κ3) is 3.83. The van der Waals surface area contributed by atoms with Crippen LogP contribution < -0.4 is 5.32 Å². The first-order chi connectivity index (χ1) is 15.6. The summed E-state index contributed by atoms with van der Waals surface area (Å²) in [5.74, 6) is 6.11. The normalized spacial score (nSPS) is 15.6. The molecule has 160 valence electrons. The Morgan fingerprint density at radius 3 is 2.91 bits per heavy atom. The number of carbonyl (C=O) groups is 1. The molecule has 1 fully saturated rings. The maximum atomic E-state index is 11.8. The first kappa shape index (κ1) is 20.2. The molecule has 0 radical (unpaired) electrons. The Hall–Kier alpha value is -3.69. The van der Waals surface area contributed by atoms with E-state index in [1.807, 2.05) is 24.8 Å². The fourth-order valence-corrected chi connectivity index (χ4v) is 4.27. The minimum Gasteiger partial charge on any atom is -0.348 e. The second kappa shape index (κ2) is 8.45. The molecule has 1 aromatic carbocycles. The number of pyridine rings is 2. The topological polar surface area (TPSA) is 73.9 Å². The van der Waals surface area contributed by atoms with E-state index in [1.54, 1.807) is 19.0 Å². The number of nitrogens with zero attached hydrogens (tertiary/aromatic N) is 3. The summed E-state index contributed by atoms with van der Waals surface area (Å²) in [4.78, 5) is 25.5. The lowest BCUT2D eigenvalue weighted by Gasteiger charge is -2.16. The van der Waals surface area contributed by atoms with Crippen LogP contribution in [-0.2, 0) is 4.79 Å². The minimum absolute atomic E-state index is 0.00476. The van der Waals surface area contributed by atoms with Crippen LogP contribution in [0.4, 0.5) is 0 Å². The number of carbonyl (C=O) groups excluding carboxylic acids is 1. The van der Waals surface area contributed by atoms with Gasteiger partial charge in [0, 0.05) is 61.3 Å². The highest BCUT2D eigenvalue weighted by atomic mass is 16.2. The van der Waals surface area contributed by atoms with Crippen molar-refractivity contribution in [1.82, 2.24) is 25.2 Å². The maximum Gasteiger partial charge on any atom is 0.234 e. The molecule has 1 atom stereocenters. The fraction of sp³-hybridized carbons (Fsp3) is 0.269. The molecule has 6 nitrogen and oxygen atoms in total. The molecule has 1 aliphatic rings. The zero-order valence-corrected chi connectivity index (χ0v) is 18.3. The van der Waals surface area contributed by atoms with Crippen molar-refractivity contribution in [1.29, 1.82) is 0 Å². The van der Waals surface area contributed by atoms with Gasteiger partial charge >= 0.3 is 0 Å². The molecule has 0 spiro atoms. The summed E-state index contributed by atoms with van der Waals surface area (Å²) in [5.41, 5.74) is 5.11. The highest BCUT2D eigenvalue weighted by molar-refractivity contribution is 5.92. The van der Waals surface area contributed by atoms with Gasteiger partial charge < -0.3 is 15.2 Å². The van der Waals surface area contributed by atoms with Crippen LogP contribution in [0.5, 0.6) is 0 Å². The molecule has 32 heavy (non-hydrogen) atoms. The SMILES string of the molecule is CN(C)C(=O)CC#Cc1c[nH]c2ncc(-c3cc(C4CCCN4)c4cnccc4c3)cc12. The Morgan fingerprint density at radius 2 is 2.09 bits per heavy atom. The van der Waals surface area contributed by atoms with Gasteiger partial charge in [-0.1, -0.05) is 11.8 Å². The van der Waals surface area contributed by atoms with Crippen LogP contribution in [-0.4, -0.2) is 46.4 Å². The molecule has 1 unspecified atom stereocenters. The summed E-state index contributed by atoms with van der Waals surface area (Å²) in [6.45, 7) is 1.05. The molecular formula is C26H25N5O. The van der Waals surface area contributed by atoms with Gasteiger partial charge in [0.1, 0.15) is 5.65 Å². The maximum absolute atomic E-state index is 11.8. The number of hydrogen-bond donors (Lipinski definition) is 2. The first-order valence-electron chi connectivity index (χ1n) is 10.9. The average Bonchev–Trinajstić information content (AvgIpc) is 3.48. The van der Waals surface area contributed by atoms with Crippen molar-refractivity contribution >= 4 is 27.7 Å². The second-order valence-corrected chi connectivity index (χ2v) is 8.40. The summed E-state index contributed by atoms with van der Waals surface area (Å²) in [7, 11) is 3.47. The first-order valence-corrected chi connectivity index (χ1v) is 10.9. The summed E-state index contributed by atoms with van der Waals surface area (Å²) >= 11 is 0. The van der Waals surface area contributed by atoms with E-state index < -0.39 is 0 Å². The van der Waals surface area contributed by atoms with Crippen LogP contribution in [0, 0.1) is 11.8 Å². The highest BCUT2D eigenvalue weighted by Gasteiger charge is 2.20. The zero-order valence-electron chi connectivity index (χ0n) is 18.3. The van der Waals surface area contributed by atoms with Gasteiger partial charge in [-0.3, -0.25) is 9.78 Å². The standard InChI is InChI=1S/C26H25N5O/c1-31(2)25(32)7-3-5-18-14-29-26-21(18)13-20(15-30-26)19-11-17-8-10-27-16-23(17)22(12-19)24-6-4-9-28-24/h8,10-16,24,28H,4,6-7,9H2,1-2H3,(H,29,30). The van der Waals surface area contributed by atoms with Crippen molar-refractivity contribution in [2.45, 2.75) is 25.3 Å². The van der Waals surface area contributed by atoms with Gasteiger partial charge in [0.05, 0.1) is 12.0 Å². The molecule has 1 amide bonds. The van der Waals surface area contributed by atoms with Crippen molar-refractivity contribution in [2.24, 2.45) is 0 Å². The van der Waals surface area contributed by atoms with E-state index in [1.165, 1.54) is 22.8 Å². The third-order valence-electron chi connectivity index (χ3n) is 6.05. The predicted octanol–water partition coefficient (Wildman–Crippen LogP) is 4.03. The Morgan fingerprint density at radius 1 is 1.19 bits per heavy atom. The molecule has 0 aliphatic carbocycles. The number of amides is 1. The van der Waals surface area contributed by atoms with Gasteiger partial charge in [-0.05, 0) is 60.2 Å². The summed E-state index contributed by atoms with van der Waals surface area (Å²) in [6, 6.07) is 9.01. The molecule has 3 aromatic heterocycles. The molecule has 5 rings (SSSR count). The van der Waals surface area contributed by atoms with Crippen LogP contribution in [0.15, 0.2) is 49.1 Å². The molecule has 0 bridgehead atoms. The quantitative estimate of drug-likeness (QED) is 0.488.